The fraction of sp³-hybridized carbons (Fsp3) is 0. The molecule has 0 radical (unpaired) electrons. The molecule has 128 valence electrons. The van der Waals surface area contributed by atoms with E-state index in [1.54, 1.807) is 42.5 Å². The molecular formula is C16H10O8S. The Balaban J connectivity index is 2.01. The Hall–Kier alpha value is -3.33. The van der Waals surface area contributed by atoms with Crippen molar-refractivity contribution in [2.24, 2.45) is 0 Å². The molecule has 0 atom stereocenters. The summed E-state index contributed by atoms with van der Waals surface area (Å²) in [4.78, 5) is 44.1. The predicted molar refractivity (Wildman–Crippen MR) is 86.5 cm³/mol. The molecule has 0 fully saturated rings. The lowest BCUT2D eigenvalue weighted by molar-refractivity contribution is 0.121. The first-order chi connectivity index (χ1) is 12.0. The zero-order valence-electron chi connectivity index (χ0n) is 12.4. The number of carboxylic acid groups (broad SMARTS) is 1. The summed E-state index contributed by atoms with van der Waals surface area (Å²) in [6, 6.07) is 15.6. The lowest BCUT2D eigenvalue weighted by atomic mass is 10.1. The quantitative estimate of drug-likeness (QED) is 0.467. The van der Waals surface area contributed by atoms with Gasteiger partial charge in [-0.2, -0.15) is 0 Å². The number of rotatable bonds is 2. The Bertz CT molecular complexity index is 803. The molecule has 0 aliphatic carbocycles. The summed E-state index contributed by atoms with van der Waals surface area (Å²) in [5, 5.41) is 5.38. The van der Waals surface area contributed by atoms with Gasteiger partial charge in [0, 0.05) is 5.56 Å². The van der Waals surface area contributed by atoms with Crippen LogP contribution >= 0.6 is 11.8 Å². The summed E-state index contributed by atoms with van der Waals surface area (Å²) in [5.74, 6) is 0.143. The molecule has 9 heteroatoms. The molecule has 0 aromatic heterocycles. The number of hydrogen-bond donors (Lipinski definition) is 1. The first-order valence-corrected chi connectivity index (χ1v) is 7.48. The molecule has 8 nitrogen and oxygen atoms in total. The van der Waals surface area contributed by atoms with E-state index in [9.17, 15) is 19.2 Å². The number of carbonyl (C=O) groups is 4. The molecule has 0 aliphatic heterocycles. The van der Waals surface area contributed by atoms with Crippen LogP contribution in [0.4, 0.5) is 19.2 Å². The minimum atomic E-state index is -1.88. The molecule has 0 unspecified atom stereocenters. The average molecular weight is 362 g/mol. The zero-order valence-corrected chi connectivity index (χ0v) is 13.2. The first kappa shape index (κ1) is 18.0. The van der Waals surface area contributed by atoms with Crippen molar-refractivity contribution in [1.82, 2.24) is 0 Å². The van der Waals surface area contributed by atoms with Gasteiger partial charge in [0.2, 0.25) is 0 Å². The predicted octanol–water partition coefficient (Wildman–Crippen LogP) is 4.54. The highest BCUT2D eigenvalue weighted by atomic mass is 32.2. The second-order valence-corrected chi connectivity index (χ2v) is 5.16. The van der Waals surface area contributed by atoms with Crippen LogP contribution in [0.1, 0.15) is 0 Å². The first-order valence-electron chi connectivity index (χ1n) is 6.66. The molecular weight excluding hydrogens is 352 g/mol. The summed E-state index contributed by atoms with van der Waals surface area (Å²) in [6.07, 6.45) is -3.26. The van der Waals surface area contributed by atoms with E-state index in [0.29, 0.717) is 5.56 Å². The molecule has 0 aliphatic rings. The third-order valence-corrected chi connectivity index (χ3v) is 3.17. The third kappa shape index (κ3) is 5.66. The highest BCUT2D eigenvalue weighted by Crippen LogP contribution is 2.29. The Labute approximate surface area is 145 Å². The molecule has 25 heavy (non-hydrogen) atoms. The lowest BCUT2D eigenvalue weighted by Gasteiger charge is -2.09. The van der Waals surface area contributed by atoms with Crippen molar-refractivity contribution in [2.45, 2.75) is 0 Å². The van der Waals surface area contributed by atoms with Gasteiger partial charge in [0.1, 0.15) is 5.75 Å². The van der Waals surface area contributed by atoms with Crippen LogP contribution in [0.15, 0.2) is 54.6 Å². The normalized spacial score (nSPS) is 9.76. The molecule has 0 saturated heterocycles. The van der Waals surface area contributed by atoms with Crippen LogP contribution in [-0.2, 0) is 9.47 Å². The summed E-state index contributed by atoms with van der Waals surface area (Å²) in [7, 11) is 0. The highest BCUT2D eigenvalue weighted by molar-refractivity contribution is 8.25. The van der Waals surface area contributed by atoms with Crippen molar-refractivity contribution in [3.8, 4) is 16.9 Å². The maximum atomic E-state index is 11.7. The molecule has 1 N–H and O–H groups in total. The fourth-order valence-electron chi connectivity index (χ4n) is 1.77. The fourth-order valence-corrected chi connectivity index (χ4v) is 2.13. The SMILES string of the molecule is O=C(O)OC(=O)SC(=O)OC(=O)Oc1ccccc1-c1ccccc1. The van der Waals surface area contributed by atoms with E-state index in [1.165, 1.54) is 6.07 Å². The van der Waals surface area contributed by atoms with Crippen molar-refractivity contribution in [1.29, 1.82) is 0 Å². The number of hydrogen-bond acceptors (Lipinski definition) is 8. The van der Waals surface area contributed by atoms with Gasteiger partial charge >= 0.3 is 22.9 Å². The molecule has 2 rings (SSSR count). The third-order valence-electron chi connectivity index (χ3n) is 2.67. The van der Waals surface area contributed by atoms with Crippen molar-refractivity contribution < 1.29 is 38.5 Å². The van der Waals surface area contributed by atoms with E-state index in [2.05, 4.69) is 9.47 Å². The molecule has 0 bridgehead atoms. The second-order valence-electron chi connectivity index (χ2n) is 4.29. The van der Waals surface area contributed by atoms with Gasteiger partial charge in [-0.3, -0.25) is 0 Å². The van der Waals surface area contributed by atoms with Gasteiger partial charge < -0.3 is 19.3 Å². The Morgan fingerprint density at radius 1 is 0.800 bits per heavy atom. The van der Waals surface area contributed by atoms with E-state index < -0.39 is 22.9 Å². The summed E-state index contributed by atoms with van der Waals surface area (Å²) >= 11 is -0.237. The van der Waals surface area contributed by atoms with Crippen LogP contribution in [0.5, 0.6) is 5.75 Å². The van der Waals surface area contributed by atoms with Crippen LogP contribution in [0.25, 0.3) is 11.1 Å². The molecule has 2 aromatic rings. The number of thioether (sulfide) groups is 1. The van der Waals surface area contributed by atoms with Crippen molar-refractivity contribution in [2.75, 3.05) is 0 Å². The van der Waals surface area contributed by atoms with Gasteiger partial charge in [-0.1, -0.05) is 48.5 Å². The molecule has 0 heterocycles. The minimum Gasteiger partial charge on any atom is -0.449 e. The lowest BCUT2D eigenvalue weighted by Crippen LogP contribution is -2.15. The van der Waals surface area contributed by atoms with E-state index in [1.807, 2.05) is 6.07 Å². The smallest absolute Gasteiger partial charge is 0.449 e. The largest absolute Gasteiger partial charge is 0.522 e. The maximum absolute atomic E-state index is 11.7. The second kappa shape index (κ2) is 8.50. The van der Waals surface area contributed by atoms with Crippen LogP contribution in [-0.4, -0.2) is 28.0 Å². The van der Waals surface area contributed by atoms with Gasteiger partial charge in [-0.05, 0) is 11.6 Å². The Kier molecular flexibility index (Phi) is 6.13. The monoisotopic (exact) mass is 362 g/mol. The minimum absolute atomic E-state index is 0.143. The average Bonchev–Trinajstić information content (AvgIpc) is 2.55. The van der Waals surface area contributed by atoms with Gasteiger partial charge in [0.05, 0.1) is 11.8 Å². The topological polar surface area (TPSA) is 116 Å². The summed E-state index contributed by atoms with van der Waals surface area (Å²) in [5.41, 5.74) is 1.36. The maximum Gasteiger partial charge on any atom is 0.522 e. The number of ether oxygens (including phenoxy) is 3. The van der Waals surface area contributed by atoms with E-state index >= 15 is 0 Å². The number of para-hydroxylation sites is 1. The Morgan fingerprint density at radius 3 is 2.08 bits per heavy atom. The van der Waals surface area contributed by atoms with E-state index in [-0.39, 0.29) is 17.5 Å². The zero-order chi connectivity index (χ0) is 18.2. The molecule has 2 aromatic carbocycles. The van der Waals surface area contributed by atoms with E-state index in [0.717, 1.165) is 5.56 Å². The summed E-state index contributed by atoms with van der Waals surface area (Å²) < 4.78 is 12.9. The van der Waals surface area contributed by atoms with E-state index in [4.69, 9.17) is 9.84 Å². The van der Waals surface area contributed by atoms with Crippen molar-refractivity contribution in [3.05, 3.63) is 54.6 Å². The number of benzene rings is 2. The number of carbonyl (C=O) groups excluding carboxylic acids is 3. The highest BCUT2D eigenvalue weighted by Gasteiger charge is 2.21. The summed E-state index contributed by atoms with van der Waals surface area (Å²) in [6.45, 7) is 0. The van der Waals surface area contributed by atoms with Gasteiger partial charge in [0.25, 0.3) is 0 Å². The van der Waals surface area contributed by atoms with Gasteiger partial charge in [-0.15, -0.1) is 0 Å². The van der Waals surface area contributed by atoms with Crippen molar-refractivity contribution in [3.63, 3.8) is 0 Å². The van der Waals surface area contributed by atoms with Crippen LogP contribution in [0.2, 0.25) is 0 Å². The molecule has 0 spiro atoms. The van der Waals surface area contributed by atoms with Gasteiger partial charge in [-0.25, -0.2) is 19.2 Å². The molecule has 0 saturated carbocycles. The Morgan fingerprint density at radius 2 is 1.40 bits per heavy atom. The van der Waals surface area contributed by atoms with Crippen LogP contribution in [0, 0.1) is 0 Å². The standard InChI is InChI=1S/C16H10O8S/c17-13(18)23-15(20)25-16(21)24-14(19)22-12-9-5-4-8-11(12)10-6-2-1-3-7-10/h1-9H,(H,17,18). The van der Waals surface area contributed by atoms with Crippen LogP contribution < -0.4 is 4.74 Å². The van der Waals surface area contributed by atoms with Crippen molar-refractivity contribution >= 4 is 34.7 Å². The van der Waals surface area contributed by atoms with Crippen LogP contribution in [0.3, 0.4) is 0 Å². The molecule has 0 amide bonds. The van der Waals surface area contributed by atoms with Gasteiger partial charge in [0.15, 0.2) is 0 Å².